The molecule has 1 aliphatic heterocycles. The molecule has 0 spiro atoms. The van der Waals surface area contributed by atoms with Crippen LogP contribution in [0.2, 0.25) is 0 Å². The molecule has 0 unspecified atom stereocenters. The minimum absolute atomic E-state index is 0.111. The summed E-state index contributed by atoms with van der Waals surface area (Å²) in [4.78, 5) is 23.9. The first-order valence-electron chi connectivity index (χ1n) is 6.86. The zero-order chi connectivity index (χ0) is 13.1. The first kappa shape index (κ1) is 11.9. The summed E-state index contributed by atoms with van der Waals surface area (Å²) >= 11 is 0. The second-order valence-corrected chi connectivity index (χ2v) is 6.48. The van der Waals surface area contributed by atoms with E-state index in [1.165, 1.54) is 0 Å². The molecule has 1 saturated heterocycles. The van der Waals surface area contributed by atoms with Crippen LogP contribution in [0.3, 0.4) is 0 Å². The molecule has 0 amide bonds. The van der Waals surface area contributed by atoms with Crippen molar-refractivity contribution in [2.24, 2.45) is 23.2 Å². The van der Waals surface area contributed by atoms with Gasteiger partial charge in [-0.25, -0.2) is 4.79 Å². The highest BCUT2D eigenvalue weighted by Gasteiger charge is 2.56. The number of ketones is 1. The molecule has 3 heteroatoms. The maximum absolute atomic E-state index is 12.3. The number of rotatable bonds is 0. The molecule has 0 bridgehead atoms. The second-order valence-electron chi connectivity index (χ2n) is 6.48. The molecule has 0 N–H and O–H groups in total. The van der Waals surface area contributed by atoms with Crippen molar-refractivity contribution in [2.75, 3.05) is 0 Å². The summed E-state index contributed by atoms with van der Waals surface area (Å²) in [5.74, 6) is 1.18. The number of ether oxygens (including phenoxy) is 1. The van der Waals surface area contributed by atoms with Crippen LogP contribution in [0.4, 0.5) is 0 Å². The van der Waals surface area contributed by atoms with Gasteiger partial charge in [-0.1, -0.05) is 20.4 Å². The first-order valence-corrected chi connectivity index (χ1v) is 6.86. The standard InChI is InChI=1S/C15H20O3/c1-8-4-5-13(16)15(3)7-12-10(6-11(8)15)9(2)14(17)18-12/h8,10-12H,2,4-7H2,1,3H3/t8-,10+,11-,12-,15+/m0/s1. The van der Waals surface area contributed by atoms with Gasteiger partial charge in [0.25, 0.3) is 0 Å². The van der Waals surface area contributed by atoms with Crippen molar-refractivity contribution in [3.8, 4) is 0 Å². The normalized spacial score (nSPS) is 47.6. The topological polar surface area (TPSA) is 43.4 Å². The van der Waals surface area contributed by atoms with E-state index in [1.54, 1.807) is 0 Å². The number of hydrogen-bond donors (Lipinski definition) is 0. The van der Waals surface area contributed by atoms with Crippen molar-refractivity contribution in [1.82, 2.24) is 0 Å². The SMILES string of the molecule is C=C1C(=O)O[C@H]2C[C@@]3(C)C(=O)CC[C@H](C)[C@@H]3C[C@H]12. The van der Waals surface area contributed by atoms with Crippen LogP contribution in [0.5, 0.6) is 0 Å². The van der Waals surface area contributed by atoms with E-state index in [1.807, 2.05) is 0 Å². The van der Waals surface area contributed by atoms with Gasteiger partial charge in [0.05, 0.1) is 0 Å². The number of esters is 1. The maximum Gasteiger partial charge on any atom is 0.334 e. The molecule has 3 fully saturated rings. The van der Waals surface area contributed by atoms with Gasteiger partial charge in [-0.2, -0.15) is 0 Å². The van der Waals surface area contributed by atoms with Crippen LogP contribution in [0.25, 0.3) is 0 Å². The fraction of sp³-hybridized carbons (Fsp3) is 0.733. The van der Waals surface area contributed by atoms with E-state index >= 15 is 0 Å². The number of hydrogen-bond acceptors (Lipinski definition) is 3. The molecule has 3 rings (SSSR count). The maximum atomic E-state index is 12.3. The minimum Gasteiger partial charge on any atom is -0.458 e. The van der Waals surface area contributed by atoms with Crippen LogP contribution in [-0.4, -0.2) is 17.9 Å². The first-order chi connectivity index (χ1) is 8.43. The van der Waals surface area contributed by atoms with Gasteiger partial charge >= 0.3 is 5.97 Å². The summed E-state index contributed by atoms with van der Waals surface area (Å²) in [6.07, 6.45) is 3.13. The number of Topliss-reactive ketones (excluding diaryl/α,β-unsaturated/α-hetero) is 1. The summed E-state index contributed by atoms with van der Waals surface area (Å²) in [6.45, 7) is 8.17. The number of carbonyl (C=O) groups is 2. The molecule has 0 aromatic rings. The van der Waals surface area contributed by atoms with Crippen molar-refractivity contribution < 1.29 is 14.3 Å². The largest absolute Gasteiger partial charge is 0.458 e. The molecule has 5 atom stereocenters. The van der Waals surface area contributed by atoms with Crippen LogP contribution >= 0.6 is 0 Å². The molecule has 98 valence electrons. The molecule has 3 nitrogen and oxygen atoms in total. The lowest BCUT2D eigenvalue weighted by Crippen LogP contribution is -2.50. The van der Waals surface area contributed by atoms with Crippen molar-refractivity contribution in [1.29, 1.82) is 0 Å². The lowest BCUT2D eigenvalue weighted by atomic mass is 9.53. The summed E-state index contributed by atoms with van der Waals surface area (Å²) in [5, 5.41) is 0. The zero-order valence-corrected chi connectivity index (χ0v) is 11.1. The third-order valence-corrected chi connectivity index (χ3v) is 5.52. The Hall–Kier alpha value is -1.12. The molecule has 2 saturated carbocycles. The highest BCUT2D eigenvalue weighted by molar-refractivity contribution is 5.91. The van der Waals surface area contributed by atoms with Gasteiger partial charge in [-0.3, -0.25) is 4.79 Å². The van der Waals surface area contributed by atoms with Gasteiger partial charge in [0.1, 0.15) is 11.9 Å². The molecule has 18 heavy (non-hydrogen) atoms. The molecule has 0 aromatic carbocycles. The number of fused-ring (bicyclic) bond motifs is 2. The van der Waals surface area contributed by atoms with Gasteiger partial charge in [0.15, 0.2) is 0 Å². The van der Waals surface area contributed by atoms with Crippen LogP contribution < -0.4 is 0 Å². The summed E-state index contributed by atoms with van der Waals surface area (Å²) < 4.78 is 5.38. The Labute approximate surface area is 108 Å². The van der Waals surface area contributed by atoms with Crippen LogP contribution in [0.15, 0.2) is 12.2 Å². The van der Waals surface area contributed by atoms with Gasteiger partial charge in [-0.15, -0.1) is 0 Å². The molecule has 3 aliphatic rings. The number of carbonyl (C=O) groups excluding carboxylic acids is 2. The van der Waals surface area contributed by atoms with Crippen LogP contribution in [-0.2, 0) is 14.3 Å². The predicted molar refractivity (Wildman–Crippen MR) is 66.7 cm³/mol. The van der Waals surface area contributed by atoms with Crippen molar-refractivity contribution >= 4 is 11.8 Å². The third-order valence-electron chi connectivity index (χ3n) is 5.52. The summed E-state index contributed by atoms with van der Waals surface area (Å²) in [5.41, 5.74) is 0.330. The van der Waals surface area contributed by atoms with E-state index in [9.17, 15) is 9.59 Å². The van der Waals surface area contributed by atoms with E-state index in [0.29, 0.717) is 36.0 Å². The van der Waals surface area contributed by atoms with Gasteiger partial charge < -0.3 is 4.74 Å². The summed E-state index contributed by atoms with van der Waals surface area (Å²) in [7, 11) is 0. The molecule has 2 aliphatic carbocycles. The Morgan fingerprint density at radius 3 is 2.83 bits per heavy atom. The molecular weight excluding hydrogens is 228 g/mol. The van der Waals surface area contributed by atoms with E-state index in [0.717, 1.165) is 12.8 Å². The monoisotopic (exact) mass is 248 g/mol. The molecule has 0 radical (unpaired) electrons. The van der Waals surface area contributed by atoms with Gasteiger partial charge in [0.2, 0.25) is 0 Å². The van der Waals surface area contributed by atoms with Crippen molar-refractivity contribution in [3.05, 3.63) is 12.2 Å². The second kappa shape index (κ2) is 3.69. The Kier molecular flexibility index (Phi) is 2.45. The Bertz CT molecular complexity index is 439. The molecular formula is C15H20O3. The van der Waals surface area contributed by atoms with Gasteiger partial charge in [-0.05, 0) is 31.1 Å². The minimum atomic E-state index is -0.288. The smallest absolute Gasteiger partial charge is 0.334 e. The Balaban J connectivity index is 1.94. The van der Waals surface area contributed by atoms with Crippen molar-refractivity contribution in [2.45, 2.75) is 45.6 Å². The highest BCUT2D eigenvalue weighted by atomic mass is 16.6. The van der Waals surface area contributed by atoms with E-state index in [-0.39, 0.29) is 23.4 Å². The Morgan fingerprint density at radius 2 is 2.11 bits per heavy atom. The fourth-order valence-corrected chi connectivity index (χ4v) is 4.28. The highest BCUT2D eigenvalue weighted by Crippen LogP contribution is 2.55. The van der Waals surface area contributed by atoms with Crippen LogP contribution in [0.1, 0.15) is 39.5 Å². The average Bonchev–Trinajstić information content (AvgIpc) is 2.58. The molecule has 1 heterocycles. The third kappa shape index (κ3) is 1.42. The fourth-order valence-electron chi connectivity index (χ4n) is 4.28. The Morgan fingerprint density at radius 1 is 1.39 bits per heavy atom. The molecule has 0 aromatic heterocycles. The zero-order valence-electron chi connectivity index (χ0n) is 11.1. The van der Waals surface area contributed by atoms with Gasteiger partial charge in [0, 0.05) is 23.3 Å². The van der Waals surface area contributed by atoms with E-state index < -0.39 is 0 Å². The van der Waals surface area contributed by atoms with Crippen LogP contribution in [0, 0.1) is 23.2 Å². The quantitative estimate of drug-likeness (QED) is 0.488. The lowest BCUT2D eigenvalue weighted by Gasteiger charge is -2.49. The predicted octanol–water partition coefficient (Wildman–Crippen LogP) is 2.50. The van der Waals surface area contributed by atoms with E-state index in [2.05, 4.69) is 20.4 Å². The summed E-state index contributed by atoms with van der Waals surface area (Å²) in [6, 6.07) is 0. The van der Waals surface area contributed by atoms with Crippen molar-refractivity contribution in [3.63, 3.8) is 0 Å². The lowest BCUT2D eigenvalue weighted by molar-refractivity contribution is -0.152. The van der Waals surface area contributed by atoms with E-state index in [4.69, 9.17) is 4.74 Å². The average molecular weight is 248 g/mol.